The molecule has 0 bridgehead atoms. The highest BCUT2D eigenvalue weighted by Gasteiger charge is 2.30. The zero-order valence-electron chi connectivity index (χ0n) is 13.6. The van der Waals surface area contributed by atoms with E-state index in [0.29, 0.717) is 22.9 Å². The molecular weight excluding hydrogens is 338 g/mol. The molecule has 4 rings (SSSR count). The van der Waals surface area contributed by atoms with E-state index in [-0.39, 0.29) is 5.91 Å². The second-order valence-electron chi connectivity index (χ2n) is 5.96. The number of hydrogen-bond acceptors (Lipinski definition) is 6. The standard InChI is InChI=1S/C18H17N3O3S/c1-11-14(9-10-23-11)17-20-21-18(24-17)25-15(12-5-3-2-4-6-12)16(22)19-13-7-8-13/h2-6,9-10,13,15H,7-8H2,1H3,(H,19,22)/t15-/m0/s1. The molecule has 1 atom stereocenters. The summed E-state index contributed by atoms with van der Waals surface area (Å²) < 4.78 is 11.0. The van der Waals surface area contributed by atoms with Gasteiger partial charge >= 0.3 is 0 Å². The third-order valence-electron chi connectivity index (χ3n) is 3.98. The molecule has 1 fully saturated rings. The van der Waals surface area contributed by atoms with E-state index in [0.717, 1.165) is 24.0 Å². The summed E-state index contributed by atoms with van der Waals surface area (Å²) in [7, 11) is 0. The number of aromatic nitrogens is 2. The molecule has 1 aromatic carbocycles. The molecule has 25 heavy (non-hydrogen) atoms. The Hall–Kier alpha value is -2.54. The van der Waals surface area contributed by atoms with E-state index in [1.807, 2.05) is 37.3 Å². The zero-order valence-corrected chi connectivity index (χ0v) is 14.5. The number of aryl methyl sites for hydroxylation is 1. The average Bonchev–Trinajstić information content (AvgIpc) is 3.14. The van der Waals surface area contributed by atoms with E-state index in [1.54, 1.807) is 12.3 Å². The Balaban J connectivity index is 1.57. The summed E-state index contributed by atoms with van der Waals surface area (Å²) in [6, 6.07) is 11.7. The van der Waals surface area contributed by atoms with Gasteiger partial charge in [0.1, 0.15) is 11.0 Å². The fraction of sp³-hybridized carbons (Fsp3) is 0.278. The number of carbonyl (C=O) groups is 1. The molecular formula is C18H17N3O3S. The molecule has 128 valence electrons. The Morgan fingerprint density at radius 1 is 1.24 bits per heavy atom. The van der Waals surface area contributed by atoms with Crippen molar-refractivity contribution in [2.45, 2.75) is 36.3 Å². The number of amides is 1. The highest BCUT2D eigenvalue weighted by atomic mass is 32.2. The first-order chi connectivity index (χ1) is 12.2. The predicted octanol–water partition coefficient (Wildman–Crippen LogP) is 3.75. The van der Waals surface area contributed by atoms with Gasteiger partial charge in [-0.25, -0.2) is 0 Å². The highest BCUT2D eigenvalue weighted by molar-refractivity contribution is 8.00. The molecule has 0 unspecified atom stereocenters. The number of carbonyl (C=O) groups excluding carboxylic acids is 1. The third-order valence-corrected chi connectivity index (χ3v) is 5.07. The number of thioether (sulfide) groups is 1. The zero-order chi connectivity index (χ0) is 17.2. The predicted molar refractivity (Wildman–Crippen MR) is 92.9 cm³/mol. The van der Waals surface area contributed by atoms with Crippen molar-refractivity contribution in [2.24, 2.45) is 0 Å². The maximum atomic E-state index is 12.7. The van der Waals surface area contributed by atoms with Crippen LogP contribution in [-0.4, -0.2) is 22.1 Å². The van der Waals surface area contributed by atoms with Gasteiger partial charge in [-0.3, -0.25) is 4.79 Å². The maximum absolute atomic E-state index is 12.7. The number of benzene rings is 1. The Morgan fingerprint density at radius 2 is 2.04 bits per heavy atom. The van der Waals surface area contributed by atoms with Gasteiger partial charge in [0.2, 0.25) is 5.91 Å². The van der Waals surface area contributed by atoms with Gasteiger partial charge in [-0.15, -0.1) is 10.2 Å². The van der Waals surface area contributed by atoms with Crippen LogP contribution in [0.5, 0.6) is 0 Å². The molecule has 0 aliphatic heterocycles. The van der Waals surface area contributed by atoms with Crippen LogP contribution in [-0.2, 0) is 4.79 Å². The first kappa shape index (κ1) is 16.0. The van der Waals surface area contributed by atoms with Crippen molar-refractivity contribution in [1.29, 1.82) is 0 Å². The minimum absolute atomic E-state index is 0.0297. The second kappa shape index (κ2) is 6.76. The van der Waals surface area contributed by atoms with Crippen LogP contribution < -0.4 is 5.32 Å². The van der Waals surface area contributed by atoms with E-state index in [9.17, 15) is 4.79 Å². The molecule has 2 aromatic heterocycles. The second-order valence-corrected chi connectivity index (χ2v) is 7.01. The Kier molecular flexibility index (Phi) is 4.31. The Bertz CT molecular complexity index is 871. The van der Waals surface area contributed by atoms with Crippen molar-refractivity contribution in [1.82, 2.24) is 15.5 Å². The number of nitrogens with zero attached hydrogens (tertiary/aromatic N) is 2. The van der Waals surface area contributed by atoms with Gasteiger partial charge in [-0.05, 0) is 43.2 Å². The summed E-state index contributed by atoms with van der Waals surface area (Å²) in [5, 5.41) is 11.1. The number of rotatable bonds is 6. The molecule has 1 N–H and O–H groups in total. The fourth-order valence-electron chi connectivity index (χ4n) is 2.48. The molecule has 2 heterocycles. The normalized spacial score (nSPS) is 15.1. The van der Waals surface area contributed by atoms with Crippen LogP contribution in [0.15, 0.2) is 56.7 Å². The van der Waals surface area contributed by atoms with Gasteiger partial charge in [0, 0.05) is 6.04 Å². The van der Waals surface area contributed by atoms with Crippen LogP contribution in [0.25, 0.3) is 11.5 Å². The monoisotopic (exact) mass is 355 g/mol. The van der Waals surface area contributed by atoms with Gasteiger partial charge < -0.3 is 14.2 Å². The maximum Gasteiger partial charge on any atom is 0.277 e. The van der Waals surface area contributed by atoms with E-state index in [1.165, 1.54) is 11.8 Å². The summed E-state index contributed by atoms with van der Waals surface area (Å²) in [5.41, 5.74) is 1.67. The van der Waals surface area contributed by atoms with Crippen LogP contribution in [0.1, 0.15) is 29.4 Å². The molecule has 1 aliphatic rings. The fourth-order valence-corrected chi connectivity index (χ4v) is 3.36. The van der Waals surface area contributed by atoms with E-state index in [4.69, 9.17) is 8.83 Å². The molecule has 0 saturated heterocycles. The van der Waals surface area contributed by atoms with Gasteiger partial charge in [-0.2, -0.15) is 0 Å². The SMILES string of the molecule is Cc1occc1-c1nnc(S[C@H](C(=O)NC2CC2)c2ccccc2)o1. The number of furan rings is 1. The van der Waals surface area contributed by atoms with Gasteiger partial charge in [0.25, 0.3) is 11.1 Å². The lowest BCUT2D eigenvalue weighted by Gasteiger charge is -2.14. The molecule has 0 spiro atoms. The average molecular weight is 355 g/mol. The molecule has 0 radical (unpaired) electrons. The van der Waals surface area contributed by atoms with Gasteiger partial charge in [0.15, 0.2) is 0 Å². The van der Waals surface area contributed by atoms with E-state index >= 15 is 0 Å². The quantitative estimate of drug-likeness (QED) is 0.678. The Morgan fingerprint density at radius 3 is 2.72 bits per heavy atom. The first-order valence-corrected chi connectivity index (χ1v) is 8.98. The summed E-state index contributed by atoms with van der Waals surface area (Å²) in [6.07, 6.45) is 3.67. The minimum Gasteiger partial charge on any atom is -0.469 e. The van der Waals surface area contributed by atoms with Crippen LogP contribution in [0.2, 0.25) is 0 Å². The van der Waals surface area contributed by atoms with Crippen molar-refractivity contribution in [3.05, 3.63) is 54.0 Å². The van der Waals surface area contributed by atoms with E-state index < -0.39 is 5.25 Å². The molecule has 6 nitrogen and oxygen atoms in total. The molecule has 1 saturated carbocycles. The molecule has 7 heteroatoms. The van der Waals surface area contributed by atoms with Gasteiger partial charge in [0.05, 0.1) is 11.8 Å². The number of nitrogens with one attached hydrogen (secondary N) is 1. The lowest BCUT2D eigenvalue weighted by molar-refractivity contribution is -0.120. The lowest BCUT2D eigenvalue weighted by Crippen LogP contribution is -2.29. The largest absolute Gasteiger partial charge is 0.469 e. The van der Waals surface area contributed by atoms with Crippen molar-refractivity contribution >= 4 is 17.7 Å². The lowest BCUT2D eigenvalue weighted by atomic mass is 10.1. The first-order valence-electron chi connectivity index (χ1n) is 8.10. The highest BCUT2D eigenvalue weighted by Crippen LogP contribution is 2.37. The van der Waals surface area contributed by atoms with Crippen LogP contribution in [0.3, 0.4) is 0 Å². The molecule has 1 aliphatic carbocycles. The Labute approximate surface area is 149 Å². The van der Waals surface area contributed by atoms with Crippen LogP contribution >= 0.6 is 11.8 Å². The van der Waals surface area contributed by atoms with Crippen molar-refractivity contribution in [2.75, 3.05) is 0 Å². The van der Waals surface area contributed by atoms with Crippen molar-refractivity contribution < 1.29 is 13.6 Å². The number of hydrogen-bond donors (Lipinski definition) is 1. The van der Waals surface area contributed by atoms with Crippen LogP contribution in [0, 0.1) is 6.92 Å². The molecule has 3 aromatic rings. The summed E-state index contributed by atoms with van der Waals surface area (Å²) >= 11 is 1.26. The summed E-state index contributed by atoms with van der Waals surface area (Å²) in [6.45, 7) is 1.84. The minimum atomic E-state index is -0.430. The molecule has 1 amide bonds. The summed E-state index contributed by atoms with van der Waals surface area (Å²) in [5.74, 6) is 1.08. The summed E-state index contributed by atoms with van der Waals surface area (Å²) in [4.78, 5) is 12.7. The smallest absolute Gasteiger partial charge is 0.277 e. The van der Waals surface area contributed by atoms with Crippen molar-refractivity contribution in [3.8, 4) is 11.5 Å². The van der Waals surface area contributed by atoms with Gasteiger partial charge in [-0.1, -0.05) is 30.3 Å². The van der Waals surface area contributed by atoms with Crippen LogP contribution in [0.4, 0.5) is 0 Å². The van der Waals surface area contributed by atoms with E-state index in [2.05, 4.69) is 15.5 Å². The third kappa shape index (κ3) is 3.61. The topological polar surface area (TPSA) is 81.2 Å². The van der Waals surface area contributed by atoms with Crippen molar-refractivity contribution in [3.63, 3.8) is 0 Å².